The molecule has 0 fully saturated rings. The van der Waals surface area contributed by atoms with Gasteiger partial charge in [0.2, 0.25) is 0 Å². The van der Waals surface area contributed by atoms with Crippen LogP contribution in [0, 0.1) is 0 Å². The van der Waals surface area contributed by atoms with Crippen molar-refractivity contribution >= 4 is 23.1 Å². The smallest absolute Gasteiger partial charge is 0.0468 e. The van der Waals surface area contributed by atoms with Gasteiger partial charge in [-0.1, -0.05) is 56.8 Å². The van der Waals surface area contributed by atoms with Crippen molar-refractivity contribution in [1.82, 2.24) is 4.98 Å². The first-order valence-corrected chi connectivity index (χ1v) is 8.13. The van der Waals surface area contributed by atoms with Crippen molar-refractivity contribution in [3.63, 3.8) is 0 Å². The summed E-state index contributed by atoms with van der Waals surface area (Å²) in [7, 11) is 0. The number of hydrogen-bond acceptors (Lipinski definition) is 0. The maximum Gasteiger partial charge on any atom is 0.0468 e. The molecule has 0 unspecified atom stereocenters. The van der Waals surface area contributed by atoms with Gasteiger partial charge >= 0.3 is 0 Å². The minimum absolute atomic E-state index is 0.0420. The Morgan fingerprint density at radius 2 is 1.83 bits per heavy atom. The van der Waals surface area contributed by atoms with Crippen LogP contribution in [0.3, 0.4) is 0 Å². The van der Waals surface area contributed by atoms with Gasteiger partial charge in [-0.15, -0.1) is 0 Å². The number of rotatable bonds is 2. The van der Waals surface area contributed by atoms with Gasteiger partial charge in [0.15, 0.2) is 0 Å². The van der Waals surface area contributed by atoms with Gasteiger partial charge in [0.05, 0.1) is 0 Å². The summed E-state index contributed by atoms with van der Waals surface area (Å²) in [6.45, 7) is 10.7. The first kappa shape index (κ1) is 14.1. The lowest BCUT2D eigenvalue weighted by Gasteiger charge is -2.21. The Kier molecular flexibility index (Phi) is 2.89. The van der Waals surface area contributed by atoms with Crippen molar-refractivity contribution in [2.45, 2.75) is 26.2 Å². The number of H-pyrrole nitrogens is 1. The lowest BCUT2D eigenvalue weighted by Crippen LogP contribution is -2.14. The second-order valence-electron chi connectivity index (χ2n) is 6.77. The molecule has 0 bridgehead atoms. The van der Waals surface area contributed by atoms with Crippen molar-refractivity contribution in [3.8, 4) is 11.1 Å². The van der Waals surface area contributed by atoms with Gasteiger partial charge in [0.1, 0.15) is 0 Å². The number of benzene rings is 2. The maximum absolute atomic E-state index is 4.01. The van der Waals surface area contributed by atoms with E-state index < -0.39 is 0 Å². The highest BCUT2D eigenvalue weighted by Gasteiger charge is 2.35. The molecule has 1 heterocycles. The number of aromatic nitrogens is 1. The van der Waals surface area contributed by atoms with E-state index in [0.29, 0.717) is 0 Å². The zero-order chi connectivity index (χ0) is 16.2. The molecule has 0 saturated heterocycles. The fourth-order valence-electron chi connectivity index (χ4n) is 3.95. The Hall–Kier alpha value is -2.54. The summed E-state index contributed by atoms with van der Waals surface area (Å²) in [5.41, 5.74) is 9.07. The van der Waals surface area contributed by atoms with Gasteiger partial charge in [0.25, 0.3) is 0 Å². The number of hydrogen-bond donors (Lipinski definition) is 1. The molecule has 1 nitrogen and oxygen atoms in total. The number of aromatic amines is 1. The Bertz CT molecular complexity index is 967. The maximum atomic E-state index is 4.01. The van der Waals surface area contributed by atoms with Crippen LogP contribution in [0.4, 0.5) is 0 Å². The Balaban J connectivity index is 2.09. The Morgan fingerprint density at radius 1 is 1.04 bits per heavy atom. The van der Waals surface area contributed by atoms with E-state index in [2.05, 4.69) is 74.0 Å². The predicted molar refractivity (Wildman–Crippen MR) is 101 cm³/mol. The molecular formula is C22H21N. The molecule has 2 aromatic carbocycles. The van der Waals surface area contributed by atoms with Gasteiger partial charge < -0.3 is 4.98 Å². The van der Waals surface area contributed by atoms with Crippen LogP contribution >= 0.6 is 0 Å². The third-order valence-electron chi connectivity index (χ3n) is 5.11. The zero-order valence-electron chi connectivity index (χ0n) is 13.9. The van der Waals surface area contributed by atoms with Gasteiger partial charge in [-0.25, -0.2) is 0 Å². The third kappa shape index (κ3) is 1.80. The molecular weight excluding hydrogens is 278 g/mol. The highest BCUT2D eigenvalue weighted by atomic mass is 14.7. The van der Waals surface area contributed by atoms with Crippen molar-refractivity contribution in [3.05, 3.63) is 71.4 Å². The summed E-state index contributed by atoms with van der Waals surface area (Å²) >= 11 is 0. The van der Waals surface area contributed by atoms with E-state index in [1.54, 1.807) is 0 Å². The lowest BCUT2D eigenvalue weighted by molar-refractivity contribution is 0.661. The van der Waals surface area contributed by atoms with Gasteiger partial charge in [0, 0.05) is 27.6 Å². The molecule has 1 N–H and O–H groups in total. The SMILES string of the molecule is C=Cc1c(/C=C\C)[nH]c2cc3c(cc12)-c1ccccc1C3(C)C. The summed E-state index contributed by atoms with van der Waals surface area (Å²) in [5, 5.41) is 1.25. The van der Waals surface area contributed by atoms with Crippen LogP contribution in [-0.2, 0) is 5.41 Å². The second-order valence-corrected chi connectivity index (χ2v) is 6.77. The second kappa shape index (κ2) is 4.73. The standard InChI is InChI=1S/C22H21N/c1-5-9-20-14(6-2)17-12-16-15-10-7-8-11-18(15)22(3,4)19(16)13-21(17)23-20/h5-13,23H,2H2,1,3-4H3/b9-5-. The van der Waals surface area contributed by atoms with Crippen LogP contribution < -0.4 is 0 Å². The quantitative estimate of drug-likeness (QED) is 0.584. The first-order valence-electron chi connectivity index (χ1n) is 8.13. The highest BCUT2D eigenvalue weighted by molar-refractivity contribution is 5.98. The monoisotopic (exact) mass is 299 g/mol. The molecule has 23 heavy (non-hydrogen) atoms. The summed E-state index contributed by atoms with van der Waals surface area (Å²) in [4.78, 5) is 3.55. The minimum atomic E-state index is 0.0420. The predicted octanol–water partition coefficient (Wildman–Crippen LogP) is 6.15. The van der Waals surface area contributed by atoms with Gasteiger partial charge in [-0.05, 0) is 47.4 Å². The Morgan fingerprint density at radius 3 is 2.57 bits per heavy atom. The molecule has 0 saturated carbocycles. The molecule has 4 rings (SSSR count). The molecule has 0 atom stereocenters. The van der Waals surface area contributed by atoms with Crippen LogP contribution in [0.2, 0.25) is 0 Å². The van der Waals surface area contributed by atoms with Crippen molar-refractivity contribution < 1.29 is 0 Å². The van der Waals surface area contributed by atoms with E-state index in [1.165, 1.54) is 38.7 Å². The normalized spacial score (nSPS) is 15.1. The average molecular weight is 299 g/mol. The number of fused-ring (bicyclic) bond motifs is 4. The summed E-state index contributed by atoms with van der Waals surface area (Å²) in [6.07, 6.45) is 6.12. The molecule has 114 valence electrons. The van der Waals surface area contributed by atoms with E-state index in [1.807, 2.05) is 13.0 Å². The average Bonchev–Trinajstić information content (AvgIpc) is 3.00. The van der Waals surface area contributed by atoms with Crippen LogP contribution in [0.25, 0.3) is 34.2 Å². The fourth-order valence-corrected chi connectivity index (χ4v) is 3.95. The first-order chi connectivity index (χ1) is 11.1. The van der Waals surface area contributed by atoms with Crippen LogP contribution in [0.5, 0.6) is 0 Å². The van der Waals surface area contributed by atoms with Crippen molar-refractivity contribution in [2.75, 3.05) is 0 Å². The number of nitrogens with one attached hydrogen (secondary N) is 1. The Labute approximate surface area is 137 Å². The summed E-state index contributed by atoms with van der Waals surface area (Å²) in [6, 6.07) is 13.4. The minimum Gasteiger partial charge on any atom is -0.355 e. The van der Waals surface area contributed by atoms with Gasteiger partial charge in [-0.3, -0.25) is 0 Å². The molecule has 1 aliphatic carbocycles. The molecule has 1 aliphatic rings. The molecule has 0 aliphatic heterocycles. The molecule has 1 heteroatoms. The molecule has 3 aromatic rings. The van der Waals surface area contributed by atoms with E-state index in [4.69, 9.17) is 0 Å². The van der Waals surface area contributed by atoms with Crippen molar-refractivity contribution in [1.29, 1.82) is 0 Å². The van der Waals surface area contributed by atoms with Crippen LogP contribution in [0.15, 0.2) is 49.1 Å². The van der Waals surface area contributed by atoms with E-state index in [9.17, 15) is 0 Å². The van der Waals surface area contributed by atoms with E-state index >= 15 is 0 Å². The lowest BCUT2D eigenvalue weighted by atomic mass is 9.82. The third-order valence-corrected chi connectivity index (χ3v) is 5.11. The molecule has 0 radical (unpaired) electrons. The zero-order valence-corrected chi connectivity index (χ0v) is 13.9. The number of allylic oxidation sites excluding steroid dienone is 1. The van der Waals surface area contributed by atoms with Gasteiger partial charge in [-0.2, -0.15) is 0 Å². The summed E-state index contributed by atoms with van der Waals surface area (Å²) in [5.74, 6) is 0. The van der Waals surface area contributed by atoms with Crippen molar-refractivity contribution in [2.24, 2.45) is 0 Å². The largest absolute Gasteiger partial charge is 0.355 e. The topological polar surface area (TPSA) is 15.8 Å². The molecule has 1 aromatic heterocycles. The van der Waals surface area contributed by atoms with E-state index in [-0.39, 0.29) is 5.41 Å². The van der Waals surface area contributed by atoms with Crippen LogP contribution in [-0.4, -0.2) is 4.98 Å². The van der Waals surface area contributed by atoms with Crippen LogP contribution in [0.1, 0.15) is 43.2 Å². The molecule has 0 spiro atoms. The summed E-state index contributed by atoms with van der Waals surface area (Å²) < 4.78 is 0. The molecule has 0 amide bonds. The van der Waals surface area contributed by atoms with E-state index in [0.717, 1.165) is 5.69 Å². The highest BCUT2D eigenvalue weighted by Crippen LogP contribution is 2.50. The fraction of sp³-hybridized carbons (Fsp3) is 0.182.